The number of ether oxygens (including phenoxy) is 1. The molecule has 0 heterocycles. The van der Waals surface area contributed by atoms with E-state index in [0.29, 0.717) is 24.6 Å². The van der Waals surface area contributed by atoms with Crippen LogP contribution in [0.3, 0.4) is 0 Å². The van der Waals surface area contributed by atoms with Crippen LogP contribution in [-0.2, 0) is 19.3 Å². The first kappa shape index (κ1) is 21.6. The number of amides is 2. The first-order valence-corrected chi connectivity index (χ1v) is 9.02. The van der Waals surface area contributed by atoms with Crippen molar-refractivity contribution in [2.75, 3.05) is 13.7 Å². The summed E-state index contributed by atoms with van der Waals surface area (Å²) in [7, 11) is 1.59. The molecule has 0 aromatic heterocycles. The molecule has 2 amide bonds. The molecular formula is C21H25F3N2O2. The fourth-order valence-electron chi connectivity index (χ4n) is 2.47. The zero-order valence-electron chi connectivity index (χ0n) is 16.2. The fraction of sp³-hybridized carbons (Fsp3) is 0.381. The number of carbonyl (C=O) groups excluding carboxylic acids is 1. The van der Waals surface area contributed by atoms with Crippen molar-refractivity contribution in [1.29, 1.82) is 0 Å². The first-order valence-electron chi connectivity index (χ1n) is 9.02. The van der Waals surface area contributed by atoms with Crippen molar-refractivity contribution in [2.24, 2.45) is 5.92 Å². The van der Waals surface area contributed by atoms with Crippen LogP contribution in [0.15, 0.2) is 48.5 Å². The second-order valence-corrected chi connectivity index (χ2v) is 7.06. The number of nitrogens with one attached hydrogen (secondary N) is 1. The summed E-state index contributed by atoms with van der Waals surface area (Å²) in [4.78, 5) is 13.7. The number of urea groups is 1. The molecule has 2 aromatic rings. The number of alkyl halides is 3. The van der Waals surface area contributed by atoms with Crippen LogP contribution in [0.5, 0.6) is 5.75 Å². The Morgan fingerprint density at radius 2 is 1.79 bits per heavy atom. The number of carbonyl (C=O) groups is 1. The molecule has 0 saturated heterocycles. The molecule has 0 atom stereocenters. The molecule has 1 N–H and O–H groups in total. The van der Waals surface area contributed by atoms with E-state index in [1.807, 2.05) is 24.3 Å². The van der Waals surface area contributed by atoms with Crippen LogP contribution in [0, 0.1) is 5.92 Å². The van der Waals surface area contributed by atoms with Crippen molar-refractivity contribution in [3.8, 4) is 5.75 Å². The van der Waals surface area contributed by atoms with Crippen LogP contribution in [0.1, 0.15) is 30.5 Å². The van der Waals surface area contributed by atoms with Crippen molar-refractivity contribution in [2.45, 2.75) is 33.1 Å². The van der Waals surface area contributed by atoms with Gasteiger partial charge in [0.25, 0.3) is 0 Å². The summed E-state index contributed by atoms with van der Waals surface area (Å²) in [6.45, 7) is 5.29. The van der Waals surface area contributed by atoms with Gasteiger partial charge in [-0.3, -0.25) is 0 Å². The van der Waals surface area contributed by atoms with Crippen LogP contribution in [0.4, 0.5) is 18.0 Å². The van der Waals surface area contributed by atoms with E-state index >= 15 is 0 Å². The SMILES string of the molecule is CC(C)COc1cccc(CNC(=O)N(C)Cc2ccc(C(F)(F)F)cc2)c1. The normalized spacial score (nSPS) is 11.4. The van der Waals surface area contributed by atoms with Gasteiger partial charge in [-0.1, -0.05) is 38.1 Å². The predicted molar refractivity (Wildman–Crippen MR) is 102 cm³/mol. The summed E-state index contributed by atoms with van der Waals surface area (Å²) in [5.74, 6) is 1.17. The van der Waals surface area contributed by atoms with Crippen LogP contribution in [0.2, 0.25) is 0 Å². The highest BCUT2D eigenvalue weighted by molar-refractivity contribution is 5.73. The molecule has 7 heteroatoms. The van der Waals surface area contributed by atoms with Crippen molar-refractivity contribution in [1.82, 2.24) is 10.2 Å². The van der Waals surface area contributed by atoms with E-state index in [1.54, 1.807) is 7.05 Å². The number of hydrogen-bond acceptors (Lipinski definition) is 2. The van der Waals surface area contributed by atoms with Gasteiger partial charge in [-0.05, 0) is 41.3 Å². The molecule has 28 heavy (non-hydrogen) atoms. The Hall–Kier alpha value is -2.70. The van der Waals surface area contributed by atoms with Crippen molar-refractivity contribution < 1.29 is 22.7 Å². The molecule has 4 nitrogen and oxygen atoms in total. The lowest BCUT2D eigenvalue weighted by Gasteiger charge is -2.19. The van der Waals surface area contributed by atoms with Gasteiger partial charge in [-0.2, -0.15) is 13.2 Å². The first-order chi connectivity index (χ1) is 13.1. The van der Waals surface area contributed by atoms with Gasteiger partial charge >= 0.3 is 12.2 Å². The lowest BCUT2D eigenvalue weighted by molar-refractivity contribution is -0.137. The summed E-state index contributed by atoms with van der Waals surface area (Å²) in [6, 6.07) is 12.0. The maximum absolute atomic E-state index is 12.6. The van der Waals surface area contributed by atoms with Crippen molar-refractivity contribution >= 4 is 6.03 Å². The van der Waals surface area contributed by atoms with Crippen LogP contribution >= 0.6 is 0 Å². The predicted octanol–water partition coefficient (Wildman–Crippen LogP) is 5.08. The van der Waals surface area contributed by atoms with Crippen LogP contribution in [-0.4, -0.2) is 24.6 Å². The summed E-state index contributed by atoms with van der Waals surface area (Å²) < 4.78 is 43.5. The highest BCUT2D eigenvalue weighted by atomic mass is 19.4. The van der Waals surface area contributed by atoms with E-state index in [0.717, 1.165) is 23.4 Å². The molecule has 0 fully saturated rings. The third-order valence-electron chi connectivity index (χ3n) is 3.97. The molecular weight excluding hydrogens is 369 g/mol. The van der Waals surface area contributed by atoms with E-state index in [1.165, 1.54) is 17.0 Å². The van der Waals surface area contributed by atoms with Crippen molar-refractivity contribution in [3.63, 3.8) is 0 Å². The summed E-state index contributed by atoms with van der Waals surface area (Å²) in [6.07, 6.45) is -4.37. The maximum Gasteiger partial charge on any atom is 0.416 e. The number of hydrogen-bond donors (Lipinski definition) is 1. The van der Waals surface area contributed by atoms with E-state index in [9.17, 15) is 18.0 Å². The quantitative estimate of drug-likeness (QED) is 0.711. The van der Waals surface area contributed by atoms with Gasteiger partial charge in [-0.25, -0.2) is 4.79 Å². The fourth-order valence-corrected chi connectivity index (χ4v) is 2.47. The van der Waals surface area contributed by atoms with Gasteiger partial charge < -0.3 is 15.0 Å². The van der Waals surface area contributed by atoms with E-state index in [2.05, 4.69) is 19.2 Å². The smallest absolute Gasteiger partial charge is 0.416 e. The standard InChI is InChI=1S/C21H25F3N2O2/c1-15(2)14-28-19-6-4-5-17(11-19)12-25-20(27)26(3)13-16-7-9-18(10-8-16)21(22,23)24/h4-11,15H,12-14H2,1-3H3,(H,25,27). The molecule has 0 unspecified atom stereocenters. The topological polar surface area (TPSA) is 41.6 Å². The highest BCUT2D eigenvalue weighted by Gasteiger charge is 2.29. The number of rotatable bonds is 7. The van der Waals surface area contributed by atoms with E-state index in [-0.39, 0.29) is 12.6 Å². The average molecular weight is 394 g/mol. The van der Waals surface area contributed by atoms with Gasteiger partial charge in [0.05, 0.1) is 12.2 Å². The molecule has 0 saturated carbocycles. The van der Waals surface area contributed by atoms with Gasteiger partial charge in [0.1, 0.15) is 5.75 Å². The molecule has 2 rings (SSSR count). The molecule has 0 spiro atoms. The van der Waals surface area contributed by atoms with Gasteiger partial charge in [0.15, 0.2) is 0 Å². The van der Waals surface area contributed by atoms with E-state index < -0.39 is 11.7 Å². The molecule has 2 aromatic carbocycles. The third-order valence-corrected chi connectivity index (χ3v) is 3.97. The lowest BCUT2D eigenvalue weighted by atomic mass is 10.1. The Labute approximate surface area is 163 Å². The van der Waals surface area contributed by atoms with Crippen molar-refractivity contribution in [3.05, 3.63) is 65.2 Å². The molecule has 0 bridgehead atoms. The summed E-state index contributed by atoms with van der Waals surface area (Å²) in [5.41, 5.74) is 0.815. The third kappa shape index (κ3) is 6.79. The van der Waals surface area contributed by atoms with Gasteiger partial charge in [-0.15, -0.1) is 0 Å². The van der Waals surface area contributed by atoms with Crippen LogP contribution in [0.25, 0.3) is 0 Å². The lowest BCUT2D eigenvalue weighted by Crippen LogP contribution is -2.36. The highest BCUT2D eigenvalue weighted by Crippen LogP contribution is 2.29. The Morgan fingerprint density at radius 1 is 1.11 bits per heavy atom. The Balaban J connectivity index is 1.86. The average Bonchev–Trinajstić information content (AvgIpc) is 2.64. The summed E-state index contributed by atoms with van der Waals surface area (Å²) in [5, 5.41) is 2.80. The maximum atomic E-state index is 12.6. The molecule has 152 valence electrons. The minimum absolute atomic E-state index is 0.210. The monoisotopic (exact) mass is 394 g/mol. The van der Waals surface area contributed by atoms with Crippen LogP contribution < -0.4 is 10.1 Å². The minimum atomic E-state index is -4.37. The number of nitrogens with zero attached hydrogens (tertiary/aromatic N) is 1. The molecule has 0 aliphatic carbocycles. The Bertz CT molecular complexity index is 774. The zero-order chi connectivity index (χ0) is 20.7. The number of halogens is 3. The largest absolute Gasteiger partial charge is 0.493 e. The zero-order valence-corrected chi connectivity index (χ0v) is 16.2. The van der Waals surface area contributed by atoms with Gasteiger partial charge in [0, 0.05) is 20.1 Å². The van der Waals surface area contributed by atoms with Gasteiger partial charge in [0.2, 0.25) is 0 Å². The summed E-state index contributed by atoms with van der Waals surface area (Å²) >= 11 is 0. The second kappa shape index (κ2) is 9.48. The Kier molecular flexibility index (Phi) is 7.31. The van der Waals surface area contributed by atoms with E-state index in [4.69, 9.17) is 4.74 Å². The molecule has 0 aliphatic rings. The molecule has 0 aliphatic heterocycles. The minimum Gasteiger partial charge on any atom is -0.493 e. The number of benzene rings is 2. The second-order valence-electron chi connectivity index (χ2n) is 7.06. The molecule has 0 radical (unpaired) electrons. The Morgan fingerprint density at radius 3 is 2.39 bits per heavy atom.